The highest BCUT2D eigenvalue weighted by molar-refractivity contribution is 5.53. The molecular formula is C15H20N4O. The second-order valence-corrected chi connectivity index (χ2v) is 5.41. The lowest BCUT2D eigenvalue weighted by Gasteiger charge is -2.09. The first-order valence-corrected chi connectivity index (χ1v) is 7.21. The van der Waals surface area contributed by atoms with E-state index in [0.29, 0.717) is 6.61 Å². The highest BCUT2D eigenvalue weighted by Crippen LogP contribution is 2.25. The number of aromatic nitrogens is 4. The van der Waals surface area contributed by atoms with E-state index in [1.165, 1.54) is 25.7 Å². The van der Waals surface area contributed by atoms with E-state index in [4.69, 9.17) is 4.74 Å². The molecule has 0 aliphatic heterocycles. The second kappa shape index (κ2) is 6.13. The summed E-state index contributed by atoms with van der Waals surface area (Å²) in [4.78, 5) is 4.11. The summed E-state index contributed by atoms with van der Waals surface area (Å²) in [6.45, 7) is 1.37. The third-order valence-corrected chi connectivity index (χ3v) is 3.94. The third-order valence-electron chi connectivity index (χ3n) is 3.94. The monoisotopic (exact) mass is 272 g/mol. The Morgan fingerprint density at radius 2 is 2.15 bits per heavy atom. The van der Waals surface area contributed by atoms with Crippen LogP contribution >= 0.6 is 0 Å². The molecular weight excluding hydrogens is 252 g/mol. The predicted molar refractivity (Wildman–Crippen MR) is 75.8 cm³/mol. The molecule has 5 heteroatoms. The fraction of sp³-hybridized carbons (Fsp3) is 0.533. The lowest BCUT2D eigenvalue weighted by Crippen LogP contribution is -2.08. The minimum absolute atomic E-state index is 0.528. The summed E-state index contributed by atoms with van der Waals surface area (Å²) in [7, 11) is 1.97. The molecule has 0 bridgehead atoms. The molecule has 1 saturated carbocycles. The van der Waals surface area contributed by atoms with Crippen molar-refractivity contribution >= 4 is 0 Å². The first-order valence-electron chi connectivity index (χ1n) is 7.21. The van der Waals surface area contributed by atoms with Crippen molar-refractivity contribution in [2.75, 3.05) is 6.61 Å². The van der Waals surface area contributed by atoms with E-state index in [1.807, 2.05) is 23.7 Å². The molecule has 106 valence electrons. The maximum atomic E-state index is 5.79. The van der Waals surface area contributed by atoms with Crippen molar-refractivity contribution in [1.29, 1.82) is 0 Å². The molecule has 0 radical (unpaired) electrons. The van der Waals surface area contributed by atoms with Gasteiger partial charge in [0.05, 0.1) is 0 Å². The van der Waals surface area contributed by atoms with Gasteiger partial charge in [-0.1, -0.05) is 12.8 Å². The zero-order valence-electron chi connectivity index (χ0n) is 11.8. The molecule has 0 aromatic carbocycles. The predicted octanol–water partition coefficient (Wildman–Crippen LogP) is 2.58. The zero-order valence-corrected chi connectivity index (χ0v) is 11.8. The van der Waals surface area contributed by atoms with Crippen LogP contribution in [0.2, 0.25) is 0 Å². The maximum absolute atomic E-state index is 5.79. The van der Waals surface area contributed by atoms with Gasteiger partial charge in [-0.05, 0) is 30.9 Å². The molecule has 20 heavy (non-hydrogen) atoms. The molecule has 3 rings (SSSR count). The van der Waals surface area contributed by atoms with E-state index < -0.39 is 0 Å². The molecule has 5 nitrogen and oxygen atoms in total. The zero-order chi connectivity index (χ0) is 13.8. The average molecular weight is 272 g/mol. The van der Waals surface area contributed by atoms with E-state index in [2.05, 4.69) is 15.2 Å². The standard InChI is InChI=1S/C15H20N4O/c1-19-14(11-20-10-12-5-2-3-6-12)17-18-15(19)13-7-4-8-16-9-13/h4,7-9,12H,2-3,5-6,10-11H2,1H3. The van der Waals surface area contributed by atoms with Gasteiger partial charge in [0.2, 0.25) is 0 Å². The number of pyridine rings is 1. The Morgan fingerprint density at radius 1 is 1.30 bits per heavy atom. The van der Waals surface area contributed by atoms with Crippen LogP contribution < -0.4 is 0 Å². The van der Waals surface area contributed by atoms with Gasteiger partial charge in [0.25, 0.3) is 0 Å². The molecule has 2 heterocycles. The van der Waals surface area contributed by atoms with Gasteiger partial charge in [0.15, 0.2) is 11.6 Å². The van der Waals surface area contributed by atoms with Crippen LogP contribution in [0.15, 0.2) is 24.5 Å². The summed E-state index contributed by atoms with van der Waals surface area (Å²) < 4.78 is 7.77. The van der Waals surface area contributed by atoms with Gasteiger partial charge in [-0.15, -0.1) is 10.2 Å². The van der Waals surface area contributed by atoms with Gasteiger partial charge in [-0.3, -0.25) is 4.98 Å². The van der Waals surface area contributed by atoms with Crippen LogP contribution in [0.1, 0.15) is 31.5 Å². The van der Waals surface area contributed by atoms with Crippen LogP contribution in [0, 0.1) is 5.92 Å². The van der Waals surface area contributed by atoms with Crippen LogP contribution in [0.4, 0.5) is 0 Å². The van der Waals surface area contributed by atoms with Crippen LogP contribution in [0.25, 0.3) is 11.4 Å². The number of nitrogens with zero attached hydrogens (tertiary/aromatic N) is 4. The van der Waals surface area contributed by atoms with Crippen molar-refractivity contribution in [2.24, 2.45) is 13.0 Å². The molecule has 0 amide bonds. The Kier molecular flexibility index (Phi) is 4.06. The number of hydrogen-bond donors (Lipinski definition) is 0. The van der Waals surface area contributed by atoms with Gasteiger partial charge in [0, 0.05) is 31.6 Å². The summed E-state index contributed by atoms with van der Waals surface area (Å²) >= 11 is 0. The molecule has 0 N–H and O–H groups in total. The highest BCUT2D eigenvalue weighted by Gasteiger charge is 2.16. The quantitative estimate of drug-likeness (QED) is 0.839. The summed E-state index contributed by atoms with van der Waals surface area (Å²) in [5.74, 6) is 2.43. The summed E-state index contributed by atoms with van der Waals surface area (Å²) in [6, 6.07) is 3.89. The van der Waals surface area contributed by atoms with Crippen LogP contribution in [-0.2, 0) is 18.4 Å². The molecule has 0 atom stereocenters. The first-order chi connectivity index (χ1) is 9.84. The van der Waals surface area contributed by atoms with Crippen molar-refractivity contribution in [1.82, 2.24) is 19.7 Å². The van der Waals surface area contributed by atoms with Crippen molar-refractivity contribution < 1.29 is 4.74 Å². The molecule has 1 fully saturated rings. The molecule has 0 spiro atoms. The van der Waals surface area contributed by atoms with Gasteiger partial charge in [0.1, 0.15) is 6.61 Å². The fourth-order valence-corrected chi connectivity index (χ4v) is 2.73. The van der Waals surface area contributed by atoms with Crippen molar-refractivity contribution in [3.63, 3.8) is 0 Å². The molecule has 2 aromatic heterocycles. The van der Waals surface area contributed by atoms with Gasteiger partial charge in [-0.25, -0.2) is 0 Å². The SMILES string of the molecule is Cn1c(COCC2CCCC2)nnc1-c1cccnc1. The van der Waals surface area contributed by atoms with E-state index in [0.717, 1.165) is 29.7 Å². The smallest absolute Gasteiger partial charge is 0.165 e. The first kappa shape index (κ1) is 13.2. The lowest BCUT2D eigenvalue weighted by molar-refractivity contribution is 0.0828. The van der Waals surface area contributed by atoms with E-state index in [-0.39, 0.29) is 0 Å². The van der Waals surface area contributed by atoms with E-state index in [1.54, 1.807) is 12.4 Å². The van der Waals surface area contributed by atoms with Gasteiger partial charge >= 0.3 is 0 Å². The normalized spacial score (nSPS) is 15.8. The number of ether oxygens (including phenoxy) is 1. The number of hydrogen-bond acceptors (Lipinski definition) is 4. The molecule has 0 saturated heterocycles. The molecule has 0 unspecified atom stereocenters. The highest BCUT2D eigenvalue weighted by atomic mass is 16.5. The average Bonchev–Trinajstić information content (AvgIpc) is 3.11. The van der Waals surface area contributed by atoms with Crippen molar-refractivity contribution in [3.8, 4) is 11.4 Å². The Labute approximate surface area is 119 Å². The van der Waals surface area contributed by atoms with E-state index >= 15 is 0 Å². The topological polar surface area (TPSA) is 52.8 Å². The Hall–Kier alpha value is -1.75. The van der Waals surface area contributed by atoms with E-state index in [9.17, 15) is 0 Å². The number of rotatable bonds is 5. The lowest BCUT2D eigenvalue weighted by atomic mass is 10.1. The third kappa shape index (κ3) is 2.88. The molecule has 1 aliphatic rings. The second-order valence-electron chi connectivity index (χ2n) is 5.41. The Balaban J connectivity index is 1.62. The van der Waals surface area contributed by atoms with Crippen LogP contribution in [0.3, 0.4) is 0 Å². The van der Waals surface area contributed by atoms with Crippen LogP contribution in [0.5, 0.6) is 0 Å². The Morgan fingerprint density at radius 3 is 2.90 bits per heavy atom. The maximum Gasteiger partial charge on any atom is 0.165 e. The van der Waals surface area contributed by atoms with Crippen LogP contribution in [-0.4, -0.2) is 26.4 Å². The van der Waals surface area contributed by atoms with Crippen molar-refractivity contribution in [2.45, 2.75) is 32.3 Å². The molecule has 2 aromatic rings. The fourth-order valence-electron chi connectivity index (χ4n) is 2.73. The minimum atomic E-state index is 0.528. The minimum Gasteiger partial charge on any atom is -0.373 e. The summed E-state index contributed by atoms with van der Waals surface area (Å²) in [5, 5.41) is 8.45. The summed E-state index contributed by atoms with van der Waals surface area (Å²) in [5.41, 5.74) is 0.976. The molecule has 1 aliphatic carbocycles. The van der Waals surface area contributed by atoms with Gasteiger partial charge < -0.3 is 9.30 Å². The summed E-state index contributed by atoms with van der Waals surface area (Å²) in [6.07, 6.45) is 8.87. The van der Waals surface area contributed by atoms with Gasteiger partial charge in [-0.2, -0.15) is 0 Å². The Bertz CT molecular complexity index is 546. The van der Waals surface area contributed by atoms with Crippen molar-refractivity contribution in [3.05, 3.63) is 30.4 Å². The largest absolute Gasteiger partial charge is 0.373 e.